The summed E-state index contributed by atoms with van der Waals surface area (Å²) in [6.45, 7) is 0.204. The van der Waals surface area contributed by atoms with E-state index < -0.39 is 5.25 Å². The van der Waals surface area contributed by atoms with E-state index in [1.54, 1.807) is 67.8 Å². The molecule has 1 aliphatic heterocycles. The molecule has 174 valence electrons. The lowest BCUT2D eigenvalue weighted by molar-refractivity contribution is -0.129. The van der Waals surface area contributed by atoms with Gasteiger partial charge in [0.05, 0.1) is 19.3 Å². The molecule has 0 radical (unpaired) electrons. The molecule has 1 fully saturated rings. The van der Waals surface area contributed by atoms with E-state index in [-0.39, 0.29) is 30.6 Å². The van der Waals surface area contributed by atoms with Gasteiger partial charge in [0, 0.05) is 23.2 Å². The zero-order chi connectivity index (χ0) is 24.1. The maximum absolute atomic E-state index is 13.3. The molecule has 0 saturated carbocycles. The van der Waals surface area contributed by atoms with E-state index in [9.17, 15) is 14.0 Å². The van der Waals surface area contributed by atoms with E-state index in [0.29, 0.717) is 27.3 Å². The molecule has 6 nitrogen and oxygen atoms in total. The first-order chi connectivity index (χ1) is 16.4. The van der Waals surface area contributed by atoms with Gasteiger partial charge in [0.1, 0.15) is 16.8 Å². The van der Waals surface area contributed by atoms with Crippen molar-refractivity contribution in [1.82, 2.24) is 4.90 Å². The number of benzene rings is 3. The molecule has 3 aromatic rings. The highest BCUT2D eigenvalue weighted by atomic mass is 35.5. The molecular weight excluding hydrogens is 477 g/mol. The summed E-state index contributed by atoms with van der Waals surface area (Å²) in [6, 6.07) is 19.8. The molecule has 1 N–H and O–H groups in total. The monoisotopic (exact) mass is 497 g/mol. The molecule has 34 heavy (non-hydrogen) atoms. The summed E-state index contributed by atoms with van der Waals surface area (Å²) in [5, 5.41) is 3.04. The van der Waals surface area contributed by atoms with Gasteiger partial charge in [-0.05, 0) is 48.0 Å². The Hall–Kier alpha value is -3.36. The summed E-state index contributed by atoms with van der Waals surface area (Å²) in [5.74, 6) is -0.314. The number of ether oxygens (including phenoxy) is 1. The highest BCUT2D eigenvalue weighted by Gasteiger charge is 2.36. The zero-order valence-electron chi connectivity index (χ0n) is 18.2. The Kier molecular flexibility index (Phi) is 7.49. The third-order valence-electron chi connectivity index (χ3n) is 5.06. The summed E-state index contributed by atoms with van der Waals surface area (Å²) >= 11 is 7.30. The van der Waals surface area contributed by atoms with Crippen LogP contribution in [0.4, 0.5) is 15.8 Å². The minimum atomic E-state index is -0.680. The number of carbonyl (C=O) groups is 2. The van der Waals surface area contributed by atoms with Gasteiger partial charge in [-0.2, -0.15) is 0 Å². The molecule has 1 saturated heterocycles. The average Bonchev–Trinajstić information content (AvgIpc) is 2.82. The molecule has 0 spiro atoms. The molecule has 9 heteroatoms. The van der Waals surface area contributed by atoms with Crippen LogP contribution in [0, 0.1) is 5.82 Å². The standard InChI is InChI=1S/C25H21ClFN3O3S/c1-33-21-7-3-6-20(13-21)28-24(32)22-14-23(31)30(15-16-8-10-18(27)11-9-16)25(34-22)29-19-5-2-4-17(26)12-19/h2-13,22H,14-15H2,1H3,(H,28,32). The van der Waals surface area contributed by atoms with Crippen LogP contribution in [0.25, 0.3) is 0 Å². The number of methoxy groups -OCH3 is 1. The largest absolute Gasteiger partial charge is 0.497 e. The third kappa shape index (κ3) is 5.95. The Morgan fingerprint density at radius 3 is 2.68 bits per heavy atom. The van der Waals surface area contributed by atoms with Crippen LogP contribution in [0.2, 0.25) is 5.02 Å². The maximum Gasteiger partial charge on any atom is 0.238 e. The minimum Gasteiger partial charge on any atom is -0.497 e. The lowest BCUT2D eigenvalue weighted by Gasteiger charge is -2.32. The van der Waals surface area contributed by atoms with E-state index in [0.717, 1.165) is 5.56 Å². The van der Waals surface area contributed by atoms with Gasteiger partial charge in [-0.1, -0.05) is 47.6 Å². The van der Waals surface area contributed by atoms with Crippen molar-refractivity contribution in [3.05, 3.63) is 89.2 Å². The fourth-order valence-corrected chi connectivity index (χ4v) is 4.63. The van der Waals surface area contributed by atoms with Crippen molar-refractivity contribution < 1.29 is 18.7 Å². The van der Waals surface area contributed by atoms with Crippen molar-refractivity contribution in [1.29, 1.82) is 0 Å². The molecule has 3 aromatic carbocycles. The van der Waals surface area contributed by atoms with Crippen LogP contribution >= 0.6 is 23.4 Å². The van der Waals surface area contributed by atoms with Gasteiger partial charge < -0.3 is 10.1 Å². The molecule has 2 amide bonds. The van der Waals surface area contributed by atoms with Crippen molar-refractivity contribution in [2.45, 2.75) is 18.2 Å². The summed E-state index contributed by atoms with van der Waals surface area (Å²) in [6.07, 6.45) is -0.00374. The number of hydrogen-bond acceptors (Lipinski definition) is 5. The van der Waals surface area contributed by atoms with Crippen LogP contribution in [0.1, 0.15) is 12.0 Å². The van der Waals surface area contributed by atoms with Crippen LogP contribution in [-0.4, -0.2) is 34.2 Å². The summed E-state index contributed by atoms with van der Waals surface area (Å²) in [5.41, 5.74) is 1.87. The predicted octanol–water partition coefficient (Wildman–Crippen LogP) is 5.65. The van der Waals surface area contributed by atoms with Gasteiger partial charge >= 0.3 is 0 Å². The van der Waals surface area contributed by atoms with Crippen LogP contribution in [0.3, 0.4) is 0 Å². The number of halogens is 2. The first-order valence-corrected chi connectivity index (χ1v) is 11.7. The number of amides is 2. The summed E-state index contributed by atoms with van der Waals surface area (Å²) in [7, 11) is 1.55. The van der Waals surface area contributed by atoms with E-state index in [2.05, 4.69) is 10.3 Å². The number of nitrogens with zero attached hydrogens (tertiary/aromatic N) is 2. The fourth-order valence-electron chi connectivity index (χ4n) is 3.35. The van der Waals surface area contributed by atoms with Gasteiger partial charge in [-0.25, -0.2) is 9.38 Å². The first kappa shape index (κ1) is 23.8. The Bertz CT molecular complexity index is 1240. The van der Waals surface area contributed by atoms with E-state index in [1.807, 2.05) is 0 Å². The van der Waals surface area contributed by atoms with Crippen LogP contribution < -0.4 is 10.1 Å². The van der Waals surface area contributed by atoms with E-state index >= 15 is 0 Å². The lowest BCUT2D eigenvalue weighted by atomic mass is 10.2. The normalized spacial score (nSPS) is 17.0. The number of nitrogens with one attached hydrogen (secondary N) is 1. The second kappa shape index (κ2) is 10.7. The Morgan fingerprint density at radius 2 is 1.94 bits per heavy atom. The minimum absolute atomic E-state index is 0.00374. The van der Waals surface area contributed by atoms with Crippen molar-refractivity contribution >= 4 is 51.7 Å². The van der Waals surface area contributed by atoms with Crippen LogP contribution in [0.5, 0.6) is 5.75 Å². The number of rotatable bonds is 6. The quantitative estimate of drug-likeness (QED) is 0.478. The lowest BCUT2D eigenvalue weighted by Crippen LogP contribution is -2.44. The predicted molar refractivity (Wildman–Crippen MR) is 133 cm³/mol. The Labute approximate surface area is 205 Å². The number of carbonyl (C=O) groups excluding carboxylic acids is 2. The molecule has 0 aromatic heterocycles. The highest BCUT2D eigenvalue weighted by molar-refractivity contribution is 8.15. The second-order valence-electron chi connectivity index (χ2n) is 7.51. The topological polar surface area (TPSA) is 71.0 Å². The van der Waals surface area contributed by atoms with Crippen molar-refractivity contribution in [3.8, 4) is 5.75 Å². The highest BCUT2D eigenvalue weighted by Crippen LogP contribution is 2.32. The smallest absolute Gasteiger partial charge is 0.238 e. The zero-order valence-corrected chi connectivity index (χ0v) is 19.8. The van der Waals surface area contributed by atoms with Gasteiger partial charge in [0.25, 0.3) is 0 Å². The first-order valence-electron chi connectivity index (χ1n) is 10.4. The van der Waals surface area contributed by atoms with Crippen molar-refractivity contribution in [2.24, 2.45) is 4.99 Å². The number of thioether (sulfide) groups is 1. The van der Waals surface area contributed by atoms with Gasteiger partial charge in [-0.3, -0.25) is 14.5 Å². The third-order valence-corrected chi connectivity index (χ3v) is 6.48. The van der Waals surface area contributed by atoms with Crippen molar-refractivity contribution in [3.63, 3.8) is 0 Å². The van der Waals surface area contributed by atoms with Gasteiger partial charge in [0.15, 0.2) is 5.17 Å². The maximum atomic E-state index is 13.3. The van der Waals surface area contributed by atoms with E-state index in [4.69, 9.17) is 16.3 Å². The van der Waals surface area contributed by atoms with Crippen LogP contribution in [-0.2, 0) is 16.1 Å². The SMILES string of the molecule is COc1cccc(NC(=O)C2CC(=O)N(Cc3ccc(F)cc3)C(=Nc3cccc(Cl)c3)S2)c1. The molecule has 1 atom stereocenters. The average molecular weight is 498 g/mol. The Balaban J connectivity index is 1.59. The number of anilines is 1. The van der Waals surface area contributed by atoms with Crippen LogP contribution in [0.15, 0.2) is 77.8 Å². The molecule has 1 heterocycles. The van der Waals surface area contributed by atoms with E-state index in [1.165, 1.54) is 28.8 Å². The molecule has 1 unspecified atom stereocenters. The molecule has 0 aliphatic carbocycles. The second-order valence-corrected chi connectivity index (χ2v) is 9.12. The molecular formula is C25H21ClFN3O3S. The van der Waals surface area contributed by atoms with Crippen molar-refractivity contribution in [2.75, 3.05) is 12.4 Å². The number of hydrogen-bond donors (Lipinski definition) is 1. The molecule has 0 bridgehead atoms. The number of amidine groups is 1. The summed E-state index contributed by atoms with van der Waals surface area (Å²) < 4.78 is 18.5. The molecule has 4 rings (SSSR count). The summed E-state index contributed by atoms with van der Waals surface area (Å²) in [4.78, 5) is 32.3. The fraction of sp³-hybridized carbons (Fsp3) is 0.160. The Morgan fingerprint density at radius 1 is 1.18 bits per heavy atom. The number of aliphatic imine (C=N–C) groups is 1. The molecule has 1 aliphatic rings. The van der Waals surface area contributed by atoms with Gasteiger partial charge in [-0.15, -0.1) is 0 Å². The van der Waals surface area contributed by atoms with Gasteiger partial charge in [0.2, 0.25) is 11.8 Å².